The minimum absolute atomic E-state index is 0.103. The van der Waals surface area contributed by atoms with Gasteiger partial charge in [0.05, 0.1) is 6.61 Å². The number of carboxylic acid groups (broad SMARTS) is 2. The van der Waals surface area contributed by atoms with Crippen LogP contribution in [0.4, 0.5) is 0 Å². The smallest absolute Gasteiger partial charge is 0.313 e. The number of aliphatic carboxylic acids is 2. The molecule has 0 saturated heterocycles. The summed E-state index contributed by atoms with van der Waals surface area (Å²) in [4.78, 5) is 39.2. The van der Waals surface area contributed by atoms with Crippen molar-refractivity contribution in [2.75, 3.05) is 13.2 Å². The Balaban J connectivity index is -0.000000122. The first-order chi connectivity index (χ1) is 11.6. The molecule has 0 rings (SSSR count). The molecule has 0 radical (unpaired) electrons. The molecule has 0 aliphatic carbocycles. The van der Waals surface area contributed by atoms with Gasteiger partial charge in [-0.3, -0.25) is 9.59 Å². The maximum Gasteiger partial charge on any atom is 0.313 e. The summed E-state index contributed by atoms with van der Waals surface area (Å²) in [6.07, 6.45) is 2.51. The van der Waals surface area contributed by atoms with Crippen molar-refractivity contribution in [3.63, 3.8) is 0 Å². The van der Waals surface area contributed by atoms with Crippen molar-refractivity contribution in [2.24, 2.45) is 0 Å². The molecule has 0 atom stereocenters. The zero-order chi connectivity index (χ0) is 20.7. The third kappa shape index (κ3) is 60.4. The van der Waals surface area contributed by atoms with Crippen LogP contribution in [-0.2, 0) is 27.7 Å². The van der Waals surface area contributed by atoms with Gasteiger partial charge < -0.3 is 24.5 Å². The Bertz CT molecular complexity index is 327. The Kier molecular flexibility index (Phi) is 34.4. The molecule has 0 spiro atoms. The summed E-state index contributed by atoms with van der Waals surface area (Å²) >= 11 is 2.23. The zero-order valence-corrected chi connectivity index (χ0v) is 16.9. The van der Waals surface area contributed by atoms with Crippen LogP contribution in [0.25, 0.3) is 0 Å². The van der Waals surface area contributed by atoms with Crippen molar-refractivity contribution >= 4 is 40.3 Å². The monoisotopic (exact) mass is 376 g/mol. The van der Waals surface area contributed by atoms with Crippen LogP contribution in [0.5, 0.6) is 0 Å². The molecular weight excluding hydrogens is 347 g/mol. The Labute approximate surface area is 158 Å². The summed E-state index contributed by atoms with van der Waals surface area (Å²) < 4.78 is 9.19. The molecule has 0 heterocycles. The molecule has 25 heavy (non-hydrogen) atoms. The van der Waals surface area contributed by atoms with Crippen molar-refractivity contribution < 1.29 is 37.9 Å². The molecule has 144 valence electrons. The fourth-order valence-electron chi connectivity index (χ4n) is 0.643. The van der Waals surface area contributed by atoms with Crippen molar-refractivity contribution in [2.45, 2.75) is 66.7 Å². The quantitative estimate of drug-likeness (QED) is 0.244. The molecule has 0 fully saturated rings. The van der Waals surface area contributed by atoms with Crippen LogP contribution in [0.2, 0.25) is 0 Å². The van der Waals surface area contributed by atoms with E-state index in [1.165, 1.54) is 33.6 Å². The van der Waals surface area contributed by atoms with Gasteiger partial charge in [-0.15, -0.1) is 0 Å². The Morgan fingerprint density at radius 2 is 1.32 bits per heavy atom. The van der Waals surface area contributed by atoms with Crippen LogP contribution in [0.1, 0.15) is 66.7 Å². The van der Waals surface area contributed by atoms with Gasteiger partial charge in [0.15, 0.2) is 0 Å². The first kappa shape index (κ1) is 31.4. The van der Waals surface area contributed by atoms with Crippen LogP contribution < -0.4 is 10.2 Å². The zero-order valence-electron chi connectivity index (χ0n) is 15.8. The molecule has 0 aromatic heterocycles. The number of hydrogen-bond acceptors (Lipinski definition) is 8. The number of carbonyl (C=O) groups is 4. The number of Topliss-reactive ketones (excluding diaryl/α,β-unsaturated/α-hetero) is 1. The van der Waals surface area contributed by atoms with E-state index in [4.69, 9.17) is 3.79 Å². The van der Waals surface area contributed by atoms with E-state index in [1.807, 2.05) is 0 Å². The summed E-state index contributed by atoms with van der Waals surface area (Å²) in [5, 5.41) is 18.5. The summed E-state index contributed by atoms with van der Waals surface area (Å²) in [5.74, 6) is -2.59. The topological polar surface area (TPSA) is 133 Å². The number of unbranched alkanes of at least 4 members (excludes halogenated alkanes) is 1. The van der Waals surface area contributed by atoms with E-state index < -0.39 is 17.9 Å². The van der Waals surface area contributed by atoms with E-state index in [1.54, 1.807) is 6.92 Å². The molecule has 0 aromatic rings. The van der Waals surface area contributed by atoms with Crippen LogP contribution in [-0.4, -0.2) is 53.5 Å². The molecule has 0 aromatic carbocycles. The van der Waals surface area contributed by atoms with Gasteiger partial charge in [0, 0.05) is 11.9 Å². The van der Waals surface area contributed by atoms with Crippen molar-refractivity contribution in [1.82, 2.24) is 0 Å². The number of ether oxygens (including phenoxy) is 1. The molecular formula is C16H29AlO8. The van der Waals surface area contributed by atoms with Gasteiger partial charge in [0.25, 0.3) is 0 Å². The van der Waals surface area contributed by atoms with Crippen molar-refractivity contribution in [1.29, 1.82) is 0 Å². The standard InChI is InChI=1S/C6H10O3.C4H9O.2C3H6O2.Al/c1-3-9-6(8)4-5(2)7;1-2-3-4-5;2*1-2-3(4)5;/h3-4H2,1-2H3;2-4H2,1H3;2*2H2,1H3,(H,4,5);/q;-1;;;+3/p-2. The maximum atomic E-state index is 10.4. The van der Waals surface area contributed by atoms with E-state index >= 15 is 0 Å². The summed E-state index contributed by atoms with van der Waals surface area (Å²) in [7, 11) is 0. The normalized spacial score (nSPS) is 8.28. The van der Waals surface area contributed by atoms with Gasteiger partial charge >= 0.3 is 52.8 Å². The molecule has 0 amide bonds. The van der Waals surface area contributed by atoms with Gasteiger partial charge in [-0.2, -0.15) is 0 Å². The summed E-state index contributed by atoms with van der Waals surface area (Å²) in [5.41, 5.74) is 0. The second kappa shape index (κ2) is 27.4. The van der Waals surface area contributed by atoms with Gasteiger partial charge in [-0.05, 0) is 26.7 Å². The largest absolute Gasteiger partial charge is 0.466 e. The van der Waals surface area contributed by atoms with Gasteiger partial charge in [0.1, 0.15) is 12.2 Å². The molecule has 8 nitrogen and oxygen atoms in total. The number of carboxylic acids is 2. The van der Waals surface area contributed by atoms with E-state index in [2.05, 4.69) is 28.3 Å². The summed E-state index contributed by atoms with van der Waals surface area (Å²) in [6, 6.07) is 0. The number of hydrogen-bond donors (Lipinski definition) is 0. The number of esters is 1. The van der Waals surface area contributed by atoms with Crippen LogP contribution in [0, 0.1) is 0 Å². The van der Waals surface area contributed by atoms with E-state index in [-0.39, 0.29) is 25.0 Å². The molecule has 9 heteroatoms. The fraction of sp³-hybridized carbons (Fsp3) is 0.750. The van der Waals surface area contributed by atoms with Crippen molar-refractivity contribution in [3.8, 4) is 0 Å². The second-order valence-electron chi connectivity index (χ2n) is 4.36. The third-order valence-electron chi connectivity index (χ3n) is 1.89. The molecule has 0 bridgehead atoms. The van der Waals surface area contributed by atoms with Crippen LogP contribution in [0.15, 0.2) is 0 Å². The molecule has 0 N–H and O–H groups in total. The maximum absolute atomic E-state index is 10.4. The molecule has 0 unspecified atom stereocenters. The predicted molar refractivity (Wildman–Crippen MR) is 89.1 cm³/mol. The Morgan fingerprint density at radius 1 is 0.920 bits per heavy atom. The Morgan fingerprint density at radius 3 is 1.48 bits per heavy atom. The predicted octanol–water partition coefficient (Wildman–Crippen LogP) is -0.292. The second-order valence-corrected chi connectivity index (χ2v) is 4.69. The minimum Gasteiger partial charge on any atom is -0.466 e. The fourth-order valence-corrected chi connectivity index (χ4v) is 0.810. The molecule has 0 aliphatic heterocycles. The first-order valence-electron chi connectivity index (χ1n) is 7.98. The molecule has 0 aliphatic rings. The number of carbonyl (C=O) groups excluding carboxylic acids is 4. The van der Waals surface area contributed by atoms with Gasteiger partial charge in [-0.25, -0.2) is 0 Å². The summed E-state index contributed by atoms with van der Waals surface area (Å²) in [6.45, 7) is 9.50. The average molecular weight is 376 g/mol. The Hall–Kier alpha value is -1.43. The number of rotatable bonds is 8. The van der Waals surface area contributed by atoms with Crippen molar-refractivity contribution in [3.05, 3.63) is 0 Å². The van der Waals surface area contributed by atoms with Gasteiger partial charge in [-0.1, -0.05) is 13.8 Å². The van der Waals surface area contributed by atoms with Crippen LogP contribution >= 0.6 is 0 Å². The first-order valence-corrected chi connectivity index (χ1v) is 8.46. The molecule has 0 saturated carbocycles. The van der Waals surface area contributed by atoms with E-state index in [9.17, 15) is 29.4 Å². The van der Waals surface area contributed by atoms with E-state index in [0.717, 1.165) is 6.61 Å². The van der Waals surface area contributed by atoms with Crippen LogP contribution in [0.3, 0.4) is 0 Å². The van der Waals surface area contributed by atoms with Gasteiger partial charge in [0.2, 0.25) is 0 Å². The average Bonchev–Trinajstić information content (AvgIpc) is 2.54. The SMILES string of the molecule is CCC(=O)[O-].CCC(=O)[O-].CCCC[O][Al+2].CCOC(=O)CC(C)=O. The van der Waals surface area contributed by atoms with E-state index in [0.29, 0.717) is 6.61 Å². The minimum atomic E-state index is -0.995. The number of ketones is 1. The third-order valence-corrected chi connectivity index (χ3v) is 2.13.